The third-order valence-corrected chi connectivity index (χ3v) is 6.43. The molecular weight excluding hydrogens is 504 g/mol. The summed E-state index contributed by atoms with van der Waals surface area (Å²) in [5, 5.41) is 9.54. The topological polar surface area (TPSA) is 79.2 Å². The van der Waals surface area contributed by atoms with Gasteiger partial charge in [-0.25, -0.2) is 9.79 Å². The molecule has 0 spiro atoms. The Labute approximate surface area is 203 Å². The van der Waals surface area contributed by atoms with E-state index < -0.39 is 5.97 Å². The van der Waals surface area contributed by atoms with Crippen molar-refractivity contribution in [3.05, 3.63) is 98.9 Å². The molecule has 1 heterocycles. The number of aliphatic imine (C=N–C) groups is 1. The van der Waals surface area contributed by atoms with E-state index in [1.165, 1.54) is 28.8 Å². The van der Waals surface area contributed by atoms with Gasteiger partial charge in [-0.1, -0.05) is 40.2 Å². The predicted octanol–water partition coefficient (Wildman–Crippen LogP) is 5.96. The highest BCUT2D eigenvalue weighted by Crippen LogP contribution is 2.33. The number of amidine groups is 1. The minimum atomic E-state index is -0.994. The Morgan fingerprint density at radius 2 is 1.73 bits per heavy atom. The lowest BCUT2D eigenvalue weighted by atomic mass is 10.2. The number of benzene rings is 3. The number of hydrogen-bond donors (Lipinski definition) is 1. The maximum Gasteiger partial charge on any atom is 0.335 e. The van der Waals surface area contributed by atoms with Gasteiger partial charge in [-0.2, -0.15) is 0 Å². The Bertz CT molecular complexity index is 1240. The first-order chi connectivity index (χ1) is 15.9. The molecule has 0 unspecified atom stereocenters. The van der Waals surface area contributed by atoms with Crippen LogP contribution in [0.3, 0.4) is 0 Å². The number of thioether (sulfide) groups is 1. The van der Waals surface area contributed by atoms with E-state index in [0.717, 1.165) is 21.3 Å². The number of carbonyl (C=O) groups excluding carboxylic acids is 1. The summed E-state index contributed by atoms with van der Waals surface area (Å²) in [6.45, 7) is 0.472. The van der Waals surface area contributed by atoms with Crippen molar-refractivity contribution in [1.82, 2.24) is 4.90 Å². The zero-order chi connectivity index (χ0) is 23.4. The number of nitrogens with zero attached hydrogens (tertiary/aromatic N) is 2. The maximum absolute atomic E-state index is 12.7. The highest BCUT2D eigenvalue weighted by molar-refractivity contribution is 9.10. The van der Waals surface area contributed by atoms with Crippen LogP contribution in [0.15, 0.2) is 87.2 Å². The first kappa shape index (κ1) is 22.8. The Hall–Kier alpha value is -3.36. The van der Waals surface area contributed by atoms with Crippen molar-refractivity contribution in [3.63, 3.8) is 0 Å². The van der Waals surface area contributed by atoms with Crippen molar-refractivity contribution in [2.24, 2.45) is 4.99 Å². The molecule has 0 radical (unpaired) electrons. The van der Waals surface area contributed by atoms with Gasteiger partial charge in [0, 0.05) is 11.5 Å². The molecule has 3 aromatic rings. The van der Waals surface area contributed by atoms with E-state index in [1.807, 2.05) is 54.6 Å². The van der Waals surface area contributed by atoms with Crippen molar-refractivity contribution in [2.45, 2.75) is 6.61 Å². The minimum Gasteiger partial charge on any atom is -0.489 e. The molecule has 8 heteroatoms. The van der Waals surface area contributed by atoms with Crippen LogP contribution in [-0.4, -0.2) is 34.1 Å². The van der Waals surface area contributed by atoms with Crippen molar-refractivity contribution >= 4 is 56.5 Å². The van der Waals surface area contributed by atoms with Crippen LogP contribution in [0.25, 0.3) is 6.08 Å². The summed E-state index contributed by atoms with van der Waals surface area (Å²) < 4.78 is 6.86. The lowest BCUT2D eigenvalue weighted by Crippen LogP contribution is -2.23. The van der Waals surface area contributed by atoms with Gasteiger partial charge in [0.2, 0.25) is 0 Å². The summed E-state index contributed by atoms with van der Waals surface area (Å²) >= 11 is 4.69. The fourth-order valence-corrected chi connectivity index (χ4v) is 4.25. The van der Waals surface area contributed by atoms with Gasteiger partial charge >= 0.3 is 5.97 Å². The molecule has 166 valence electrons. The Morgan fingerprint density at radius 3 is 2.36 bits per heavy atom. The molecule has 1 saturated heterocycles. The van der Waals surface area contributed by atoms with Crippen LogP contribution < -0.4 is 4.74 Å². The second kappa shape index (κ2) is 10.1. The van der Waals surface area contributed by atoms with E-state index >= 15 is 0 Å². The van der Waals surface area contributed by atoms with Gasteiger partial charge < -0.3 is 9.84 Å². The quantitative estimate of drug-likeness (QED) is 0.404. The molecule has 0 saturated carbocycles. The van der Waals surface area contributed by atoms with Gasteiger partial charge in [-0.3, -0.25) is 9.69 Å². The average Bonchev–Trinajstić information content (AvgIpc) is 3.07. The molecule has 0 atom stereocenters. The van der Waals surface area contributed by atoms with Gasteiger partial charge in [0.05, 0.1) is 16.2 Å². The summed E-state index contributed by atoms with van der Waals surface area (Å²) in [5.41, 5.74) is 2.72. The number of amides is 1. The zero-order valence-electron chi connectivity index (χ0n) is 17.6. The van der Waals surface area contributed by atoms with Crippen molar-refractivity contribution < 1.29 is 19.4 Å². The number of likely N-dealkylation sites (N-methyl/N-ethyl adjacent to an activating group) is 1. The molecule has 1 fully saturated rings. The number of ether oxygens (including phenoxy) is 1. The molecule has 1 amide bonds. The number of halogens is 1. The number of hydrogen-bond acceptors (Lipinski definition) is 5. The fraction of sp³-hybridized carbons (Fsp3) is 0.0800. The van der Waals surface area contributed by atoms with E-state index in [4.69, 9.17) is 9.84 Å². The first-order valence-corrected chi connectivity index (χ1v) is 11.6. The fourth-order valence-electron chi connectivity index (χ4n) is 3.00. The summed E-state index contributed by atoms with van der Waals surface area (Å²) in [6, 6.07) is 21.7. The predicted molar refractivity (Wildman–Crippen MR) is 134 cm³/mol. The Morgan fingerprint density at radius 1 is 1.06 bits per heavy atom. The Balaban J connectivity index is 1.43. The molecule has 0 bridgehead atoms. The molecule has 1 aliphatic rings. The molecule has 0 aliphatic carbocycles. The number of carbonyl (C=O) groups is 2. The van der Waals surface area contributed by atoms with E-state index in [9.17, 15) is 9.59 Å². The number of carboxylic acid groups (broad SMARTS) is 1. The van der Waals surface area contributed by atoms with Gasteiger partial charge in [0.1, 0.15) is 12.4 Å². The average molecular weight is 523 g/mol. The van der Waals surface area contributed by atoms with Crippen molar-refractivity contribution in [2.75, 3.05) is 7.05 Å². The highest BCUT2D eigenvalue weighted by Gasteiger charge is 2.30. The van der Waals surface area contributed by atoms with Crippen LogP contribution >= 0.6 is 27.7 Å². The summed E-state index contributed by atoms with van der Waals surface area (Å²) in [5.74, 6) is -0.391. The largest absolute Gasteiger partial charge is 0.489 e. The molecule has 4 rings (SSSR count). The van der Waals surface area contributed by atoms with E-state index in [0.29, 0.717) is 22.4 Å². The lowest BCUT2D eigenvalue weighted by Gasteiger charge is -2.07. The van der Waals surface area contributed by atoms with Crippen LogP contribution in [-0.2, 0) is 11.4 Å². The summed E-state index contributed by atoms with van der Waals surface area (Å²) in [4.78, 5) is 30.2. The molecule has 1 N–H and O–H groups in total. The smallest absolute Gasteiger partial charge is 0.335 e. The van der Waals surface area contributed by atoms with Crippen LogP contribution in [0.4, 0.5) is 5.69 Å². The van der Waals surface area contributed by atoms with Gasteiger partial charge in [0.25, 0.3) is 5.91 Å². The third-order valence-electron chi connectivity index (χ3n) is 4.84. The van der Waals surface area contributed by atoms with Crippen molar-refractivity contribution in [3.8, 4) is 5.75 Å². The van der Waals surface area contributed by atoms with E-state index in [2.05, 4.69) is 20.9 Å². The first-order valence-electron chi connectivity index (χ1n) is 9.96. The standard InChI is InChI=1S/C25H19BrN2O4S/c1-28-23(29)22(33-25(28)27-20-10-6-18(7-11-20)24(30)31)14-16-4-12-21(13-5-16)32-15-17-2-8-19(26)9-3-17/h2-14H,15H2,1H3,(H,30,31)/b22-14-,27-25?. The molecular formula is C25H19BrN2O4S. The lowest BCUT2D eigenvalue weighted by molar-refractivity contribution is -0.121. The SMILES string of the molecule is CN1C(=O)/C(=C/c2ccc(OCc3ccc(Br)cc3)cc2)SC1=Nc1ccc(C(=O)O)cc1. The Kier molecular flexibility index (Phi) is 6.96. The second-order valence-electron chi connectivity index (χ2n) is 7.21. The normalized spacial score (nSPS) is 15.9. The van der Waals surface area contributed by atoms with Crippen molar-refractivity contribution in [1.29, 1.82) is 0 Å². The molecule has 3 aromatic carbocycles. The zero-order valence-corrected chi connectivity index (χ0v) is 20.0. The third kappa shape index (κ3) is 5.71. The monoisotopic (exact) mass is 522 g/mol. The maximum atomic E-state index is 12.7. The molecule has 0 aromatic heterocycles. The van der Waals surface area contributed by atoms with Crippen LogP contribution in [0.2, 0.25) is 0 Å². The van der Waals surface area contributed by atoms with Gasteiger partial charge in [-0.15, -0.1) is 0 Å². The van der Waals surface area contributed by atoms with Crippen LogP contribution in [0.1, 0.15) is 21.5 Å². The second-order valence-corrected chi connectivity index (χ2v) is 9.13. The minimum absolute atomic E-state index is 0.142. The number of rotatable bonds is 6. The number of carboxylic acids is 1. The summed E-state index contributed by atoms with van der Waals surface area (Å²) in [6.07, 6.45) is 1.82. The van der Waals surface area contributed by atoms with Crippen LogP contribution in [0.5, 0.6) is 5.75 Å². The molecule has 33 heavy (non-hydrogen) atoms. The van der Waals surface area contributed by atoms with E-state index in [1.54, 1.807) is 19.2 Å². The number of aromatic carboxylic acids is 1. The van der Waals surface area contributed by atoms with Gasteiger partial charge in [0.15, 0.2) is 5.17 Å². The molecule has 1 aliphatic heterocycles. The van der Waals surface area contributed by atoms with Gasteiger partial charge in [-0.05, 0) is 77.5 Å². The van der Waals surface area contributed by atoms with E-state index in [-0.39, 0.29) is 11.5 Å². The highest BCUT2D eigenvalue weighted by atomic mass is 79.9. The molecule has 6 nitrogen and oxygen atoms in total. The summed E-state index contributed by atoms with van der Waals surface area (Å²) in [7, 11) is 1.67. The van der Waals surface area contributed by atoms with Crippen LogP contribution in [0, 0.1) is 0 Å².